The Bertz CT molecular complexity index is 2300. The van der Waals surface area contributed by atoms with Crippen LogP contribution in [0.4, 0.5) is 0 Å². The molecule has 0 N–H and O–H groups in total. The first kappa shape index (κ1) is 34.5. The lowest BCUT2D eigenvalue weighted by Crippen LogP contribution is -2.41. The first-order chi connectivity index (χ1) is 23.8. The van der Waals surface area contributed by atoms with Crippen LogP contribution in [0.3, 0.4) is 0 Å². The summed E-state index contributed by atoms with van der Waals surface area (Å²) in [4.78, 5) is 19.3. The zero-order valence-electron chi connectivity index (χ0n) is 28.5. The number of halogens is 4. The Morgan fingerprint density at radius 3 is 1.73 bits per heavy atom. The number of fused-ring (bicyclic) bond motifs is 4. The fraction of sp³-hybridized carbons (Fsp3) is 0.200. The Kier molecular flexibility index (Phi) is 9.59. The van der Waals surface area contributed by atoms with E-state index < -0.39 is 3.23 Å². The van der Waals surface area contributed by atoms with Gasteiger partial charge in [0.25, 0.3) is 0 Å². The molecular formula is C40H33BBr4N4. The second kappa shape index (κ2) is 13.6. The average Bonchev–Trinajstić information content (AvgIpc) is 3.10. The first-order valence-corrected chi connectivity index (χ1v) is 18.9. The summed E-state index contributed by atoms with van der Waals surface area (Å²) in [5, 5.41) is 2.22. The third-order valence-electron chi connectivity index (χ3n) is 8.82. The van der Waals surface area contributed by atoms with Crippen LogP contribution in [0.15, 0.2) is 128 Å². The van der Waals surface area contributed by atoms with Gasteiger partial charge in [0.15, 0.2) is 0 Å². The molecule has 0 aliphatic carbocycles. The highest BCUT2D eigenvalue weighted by Gasteiger charge is 2.47. The summed E-state index contributed by atoms with van der Waals surface area (Å²) in [7, 11) is 3.75. The van der Waals surface area contributed by atoms with Gasteiger partial charge in [-0.2, -0.15) is 0 Å². The van der Waals surface area contributed by atoms with Crippen LogP contribution in [0.25, 0.3) is 21.8 Å². The molecule has 9 heteroatoms. The van der Waals surface area contributed by atoms with Gasteiger partial charge < -0.3 is 0 Å². The predicted octanol–water partition coefficient (Wildman–Crippen LogP) is 11.1. The molecule has 4 nitrogen and oxygen atoms in total. The van der Waals surface area contributed by atoms with Crippen molar-refractivity contribution in [2.24, 2.45) is 9.98 Å². The van der Waals surface area contributed by atoms with Crippen molar-refractivity contribution in [1.29, 1.82) is 1.34 Å². The lowest BCUT2D eigenvalue weighted by molar-refractivity contribution is 0.485. The third-order valence-corrected chi connectivity index (χ3v) is 12.6. The molecule has 0 spiro atoms. The number of aliphatic imine (C=N–C) groups is 2. The van der Waals surface area contributed by atoms with Gasteiger partial charge in [0.2, 0.25) is 0 Å². The Hall–Kier alpha value is -2.98. The van der Waals surface area contributed by atoms with Crippen LogP contribution in [0, 0.1) is 0 Å². The number of hydrogen-bond acceptors (Lipinski definition) is 4. The van der Waals surface area contributed by atoms with Crippen molar-refractivity contribution in [2.75, 3.05) is 0 Å². The molecule has 2 radical (unpaired) electrons. The quantitative estimate of drug-likeness (QED) is 0.128. The maximum Gasteiger partial charge on any atom is 0.130 e. The van der Waals surface area contributed by atoms with E-state index >= 15 is 0 Å². The smallest absolute Gasteiger partial charge is 0.130 e. The van der Waals surface area contributed by atoms with E-state index in [1.54, 1.807) is 0 Å². The van der Waals surface area contributed by atoms with Crippen molar-refractivity contribution in [2.45, 2.75) is 48.4 Å². The summed E-state index contributed by atoms with van der Waals surface area (Å²) in [5.41, 5.74) is 10.5. The Morgan fingerprint density at radius 2 is 1.14 bits per heavy atom. The fourth-order valence-corrected chi connectivity index (χ4v) is 8.01. The molecule has 0 fully saturated rings. The molecule has 0 bridgehead atoms. The van der Waals surface area contributed by atoms with E-state index in [-0.39, 0.29) is 11.1 Å². The van der Waals surface area contributed by atoms with Crippen LogP contribution in [0.1, 0.15) is 61.1 Å². The van der Waals surface area contributed by atoms with Crippen LogP contribution in [0.5, 0.6) is 0 Å². The molecule has 4 heterocycles. The number of nitrogens with zero attached hydrogens (tertiary/aromatic N) is 4. The van der Waals surface area contributed by atoms with Crippen molar-refractivity contribution >= 4 is 105 Å². The van der Waals surface area contributed by atoms with E-state index in [1.165, 1.54) is 16.7 Å². The van der Waals surface area contributed by atoms with Gasteiger partial charge in [0, 0.05) is 62.7 Å². The summed E-state index contributed by atoms with van der Waals surface area (Å²) in [6.45, 7) is 8.62. The number of alkyl halides is 2. The molecule has 2 aromatic heterocycles. The molecule has 244 valence electrons. The highest BCUT2D eigenvalue weighted by molar-refractivity contribution is 9.24. The zero-order chi connectivity index (χ0) is 35.8. The summed E-state index contributed by atoms with van der Waals surface area (Å²) in [5.74, 6) is 0. The van der Waals surface area contributed by atoms with Gasteiger partial charge >= 0.3 is 0 Å². The third kappa shape index (κ3) is 7.01. The predicted molar refractivity (Wildman–Crippen MR) is 222 cm³/mol. The van der Waals surface area contributed by atoms with Crippen molar-refractivity contribution in [3.8, 4) is 0 Å². The molecule has 2 aliphatic heterocycles. The Labute approximate surface area is 324 Å². The van der Waals surface area contributed by atoms with Gasteiger partial charge in [-0.25, -0.2) is 0 Å². The molecule has 4 aromatic carbocycles. The maximum absolute atomic E-state index is 5.25. The van der Waals surface area contributed by atoms with Crippen LogP contribution in [0.2, 0.25) is 0 Å². The van der Waals surface area contributed by atoms with Crippen LogP contribution in [-0.4, -0.2) is 42.2 Å². The molecular weight excluding hydrogens is 867 g/mol. The topological polar surface area (TPSA) is 50.5 Å². The highest BCUT2D eigenvalue weighted by atomic mass is 79.9. The lowest BCUT2D eigenvalue weighted by atomic mass is 9.85. The monoisotopic (exact) mass is 897 g/mol. The van der Waals surface area contributed by atoms with Crippen molar-refractivity contribution in [3.63, 3.8) is 0 Å². The van der Waals surface area contributed by atoms with E-state index in [0.29, 0.717) is 0 Å². The Morgan fingerprint density at radius 1 is 0.633 bits per heavy atom. The standard InChI is InChI=1S/C20H15Br3N2.C20H17BrN2.BH/c1-19(2)20(22,23)16-6-4-3-5-15(16)18(25-19)13-9-12-10-14(21)7-8-17(12)24-11-13;1-20(2)11-13-5-3-4-6-17(13)19(23-20)15-9-14-10-16(21)7-8-18(14)22-12-15;/h3-11H,1-2H3;3-10,12H,11H2,1-2H3;1H/i;;1D. The minimum Gasteiger partial charge on any atom is -0.278 e. The minimum atomic E-state index is -0.402. The molecule has 2 aliphatic rings. The summed E-state index contributed by atoms with van der Waals surface area (Å²) in [6.07, 6.45) is 4.82. The fourth-order valence-electron chi connectivity index (χ4n) is 6.38. The molecule has 8 rings (SSSR count). The molecule has 0 amide bonds. The summed E-state index contributed by atoms with van der Waals surface area (Å²) >= 11 is 14.8. The molecule has 0 atom stereocenters. The van der Waals surface area contributed by atoms with E-state index in [1.807, 2.05) is 42.7 Å². The Balaban J connectivity index is 0.000000165. The maximum atomic E-state index is 5.25. The van der Waals surface area contributed by atoms with Crippen LogP contribution >= 0.6 is 63.7 Å². The normalized spacial score (nSPS) is 16.8. The van der Waals surface area contributed by atoms with Crippen LogP contribution < -0.4 is 0 Å². The molecule has 6 aromatic rings. The van der Waals surface area contributed by atoms with Crippen molar-refractivity contribution < 1.29 is 0 Å². The lowest BCUT2D eigenvalue weighted by Gasteiger charge is -2.41. The molecule has 0 saturated heterocycles. The van der Waals surface area contributed by atoms with E-state index in [4.69, 9.17) is 11.3 Å². The molecule has 0 unspecified atom stereocenters. The second-order valence-electron chi connectivity index (χ2n) is 13.4. The summed E-state index contributed by atoms with van der Waals surface area (Å²) < 4.78 is 6.96. The number of rotatable bonds is 2. The molecule has 0 saturated carbocycles. The highest BCUT2D eigenvalue weighted by Crippen LogP contribution is 2.53. The van der Waals surface area contributed by atoms with Gasteiger partial charge in [-0.05, 0) is 95.1 Å². The largest absolute Gasteiger partial charge is 0.278 e. The van der Waals surface area contributed by atoms with Gasteiger partial charge in [-0.3, -0.25) is 20.0 Å². The van der Waals surface area contributed by atoms with Crippen molar-refractivity contribution in [3.05, 3.63) is 152 Å². The zero-order valence-corrected chi connectivity index (χ0v) is 33.8. The van der Waals surface area contributed by atoms with E-state index in [2.05, 4.69) is 176 Å². The number of pyridine rings is 2. The molecule has 49 heavy (non-hydrogen) atoms. The first-order valence-electron chi connectivity index (χ1n) is 16.3. The van der Waals surface area contributed by atoms with Gasteiger partial charge in [-0.1, -0.05) is 112 Å². The van der Waals surface area contributed by atoms with Gasteiger partial charge in [0.1, 0.15) is 3.23 Å². The summed E-state index contributed by atoms with van der Waals surface area (Å²) in [6, 6.07) is 33.5. The van der Waals surface area contributed by atoms with Gasteiger partial charge in [0.05, 0.1) is 33.5 Å². The second-order valence-corrected chi connectivity index (χ2v) is 18.6. The van der Waals surface area contributed by atoms with E-state index in [0.717, 1.165) is 65.3 Å². The van der Waals surface area contributed by atoms with Gasteiger partial charge in [-0.15, -0.1) is 0 Å². The minimum absolute atomic E-state index is 0.0874. The van der Waals surface area contributed by atoms with E-state index in [9.17, 15) is 0 Å². The van der Waals surface area contributed by atoms with Crippen molar-refractivity contribution in [1.82, 2.24) is 9.97 Å². The number of hydrogen-bond donors (Lipinski definition) is 0. The number of benzene rings is 4. The number of aromatic nitrogens is 2. The average molecular weight is 901 g/mol. The van der Waals surface area contributed by atoms with Crippen LogP contribution in [-0.2, 0) is 9.65 Å². The SMILES string of the molecule is CC1(C)Cc2ccccc2C(c2cnc3ccc(Br)cc3c2)=N1.CC1(C)N=C(c2cnc3ccc(Br)cc3c2)c2ccccc2C1(Br)Br.[2H][B].